The van der Waals surface area contributed by atoms with Crippen LogP contribution in [-0.4, -0.2) is 38.0 Å². The second kappa shape index (κ2) is 8.65. The molecule has 0 aliphatic rings. The van der Waals surface area contributed by atoms with E-state index in [1.807, 2.05) is 30.3 Å². The number of benzene rings is 1. The average Bonchev–Trinajstić information content (AvgIpc) is 2.41. The molecule has 4 nitrogen and oxygen atoms in total. The van der Waals surface area contributed by atoms with Gasteiger partial charge in [0.15, 0.2) is 0 Å². The smallest absolute Gasteiger partial charge is 0.0837 e. The molecule has 18 heavy (non-hydrogen) atoms. The summed E-state index contributed by atoms with van der Waals surface area (Å²) >= 11 is 0. The van der Waals surface area contributed by atoms with Crippen LogP contribution in [0.3, 0.4) is 0 Å². The van der Waals surface area contributed by atoms with Crippen molar-refractivity contribution in [2.45, 2.75) is 18.4 Å². The van der Waals surface area contributed by atoms with Gasteiger partial charge in [0.1, 0.15) is 0 Å². The lowest BCUT2D eigenvalue weighted by molar-refractivity contribution is 0.148. The van der Waals surface area contributed by atoms with Gasteiger partial charge in [-0.1, -0.05) is 30.3 Å². The van der Waals surface area contributed by atoms with Crippen molar-refractivity contribution in [3.05, 3.63) is 35.9 Å². The molecule has 0 aromatic heterocycles. The van der Waals surface area contributed by atoms with Gasteiger partial charge in [-0.2, -0.15) is 5.26 Å². The molecule has 0 heterocycles. The van der Waals surface area contributed by atoms with E-state index in [2.05, 4.69) is 11.4 Å². The van der Waals surface area contributed by atoms with E-state index >= 15 is 0 Å². The molecule has 0 fully saturated rings. The Labute approximate surface area is 108 Å². The summed E-state index contributed by atoms with van der Waals surface area (Å²) in [5.74, 6) is -0.177. The minimum atomic E-state index is -0.177. The lowest BCUT2D eigenvalue weighted by atomic mass is 10.0. The Balaban J connectivity index is 2.51. The van der Waals surface area contributed by atoms with Crippen LogP contribution in [0.4, 0.5) is 0 Å². The van der Waals surface area contributed by atoms with E-state index in [0.717, 1.165) is 5.56 Å². The summed E-state index contributed by atoms with van der Waals surface area (Å²) in [4.78, 5) is 0. The van der Waals surface area contributed by atoms with Gasteiger partial charge in [-0.15, -0.1) is 0 Å². The van der Waals surface area contributed by atoms with Gasteiger partial charge in [0, 0.05) is 26.3 Å². The molecule has 0 aliphatic heterocycles. The number of nitrogens with zero attached hydrogens (tertiary/aromatic N) is 1. The number of aliphatic hydroxyl groups is 1. The third kappa shape index (κ3) is 4.84. The molecule has 0 bridgehead atoms. The highest BCUT2D eigenvalue weighted by atomic mass is 16.5. The molecule has 2 unspecified atom stereocenters. The maximum Gasteiger partial charge on any atom is 0.0837 e. The lowest BCUT2D eigenvalue weighted by Gasteiger charge is -2.19. The Kier molecular flexibility index (Phi) is 7.04. The van der Waals surface area contributed by atoms with Crippen LogP contribution < -0.4 is 5.32 Å². The van der Waals surface area contributed by atoms with E-state index in [1.165, 1.54) is 0 Å². The van der Waals surface area contributed by atoms with Gasteiger partial charge in [0.05, 0.1) is 18.6 Å². The summed E-state index contributed by atoms with van der Waals surface area (Å²) in [6.45, 7) is 1.21. The molecule has 0 saturated heterocycles. The first-order valence-corrected chi connectivity index (χ1v) is 6.09. The van der Waals surface area contributed by atoms with E-state index in [0.29, 0.717) is 19.6 Å². The van der Waals surface area contributed by atoms with E-state index in [-0.39, 0.29) is 18.6 Å². The van der Waals surface area contributed by atoms with Crippen molar-refractivity contribution in [2.24, 2.45) is 0 Å². The largest absolute Gasteiger partial charge is 0.396 e. The minimum Gasteiger partial charge on any atom is -0.396 e. The van der Waals surface area contributed by atoms with Crippen molar-refractivity contribution in [1.29, 1.82) is 5.26 Å². The molecule has 0 amide bonds. The van der Waals surface area contributed by atoms with Crippen LogP contribution in [0, 0.1) is 11.3 Å². The van der Waals surface area contributed by atoms with Crippen molar-refractivity contribution < 1.29 is 9.84 Å². The normalized spacial score (nSPS) is 13.8. The van der Waals surface area contributed by atoms with Gasteiger partial charge in [0.25, 0.3) is 0 Å². The Bertz CT molecular complexity index is 356. The standard InChI is InChI=1S/C14H20N2O2/c1-18-11-14(7-8-17)16-10-13(9-15)12-5-3-2-4-6-12/h2-6,13-14,16-17H,7-8,10-11H2,1H3. The highest BCUT2D eigenvalue weighted by Gasteiger charge is 2.13. The molecular weight excluding hydrogens is 228 g/mol. The molecule has 0 saturated carbocycles. The van der Waals surface area contributed by atoms with E-state index < -0.39 is 0 Å². The first-order chi connectivity index (χ1) is 8.81. The fourth-order valence-electron chi connectivity index (χ4n) is 1.81. The molecule has 0 spiro atoms. The topological polar surface area (TPSA) is 65.3 Å². The third-order valence-electron chi connectivity index (χ3n) is 2.81. The fourth-order valence-corrected chi connectivity index (χ4v) is 1.81. The number of hydrogen-bond donors (Lipinski definition) is 2. The number of methoxy groups -OCH3 is 1. The van der Waals surface area contributed by atoms with Gasteiger partial charge in [0.2, 0.25) is 0 Å². The zero-order valence-corrected chi connectivity index (χ0v) is 10.7. The number of nitriles is 1. The van der Waals surface area contributed by atoms with Gasteiger partial charge in [-0.05, 0) is 12.0 Å². The first kappa shape index (κ1) is 14.7. The Morgan fingerprint density at radius 2 is 2.11 bits per heavy atom. The van der Waals surface area contributed by atoms with Crippen molar-refractivity contribution >= 4 is 0 Å². The minimum absolute atomic E-state index is 0.0829. The molecule has 1 rings (SSSR count). The zero-order chi connectivity index (χ0) is 13.2. The van der Waals surface area contributed by atoms with E-state index in [1.54, 1.807) is 7.11 Å². The molecular formula is C14H20N2O2. The average molecular weight is 248 g/mol. The van der Waals surface area contributed by atoms with Gasteiger partial charge < -0.3 is 15.2 Å². The third-order valence-corrected chi connectivity index (χ3v) is 2.81. The number of nitrogens with one attached hydrogen (secondary N) is 1. The number of aliphatic hydroxyl groups excluding tert-OH is 1. The Hall–Kier alpha value is -1.41. The predicted octanol–water partition coefficient (Wildman–Crippen LogP) is 1.28. The lowest BCUT2D eigenvalue weighted by Crippen LogP contribution is -2.36. The predicted molar refractivity (Wildman–Crippen MR) is 70.2 cm³/mol. The van der Waals surface area contributed by atoms with Crippen molar-refractivity contribution in [3.8, 4) is 6.07 Å². The number of hydrogen-bond acceptors (Lipinski definition) is 4. The molecule has 2 N–H and O–H groups in total. The Morgan fingerprint density at radius 3 is 2.67 bits per heavy atom. The summed E-state index contributed by atoms with van der Waals surface area (Å²) in [5.41, 5.74) is 1.01. The highest BCUT2D eigenvalue weighted by Crippen LogP contribution is 2.13. The van der Waals surface area contributed by atoms with Crippen LogP contribution in [0.25, 0.3) is 0 Å². The monoisotopic (exact) mass is 248 g/mol. The quantitative estimate of drug-likeness (QED) is 0.727. The fraction of sp³-hybridized carbons (Fsp3) is 0.500. The van der Waals surface area contributed by atoms with Crippen LogP contribution in [-0.2, 0) is 4.74 Å². The van der Waals surface area contributed by atoms with Crippen LogP contribution in [0.15, 0.2) is 30.3 Å². The molecule has 1 aromatic rings. The SMILES string of the molecule is COCC(CCO)NCC(C#N)c1ccccc1. The first-order valence-electron chi connectivity index (χ1n) is 6.09. The van der Waals surface area contributed by atoms with Crippen LogP contribution in [0.2, 0.25) is 0 Å². The van der Waals surface area contributed by atoms with Crippen molar-refractivity contribution in [3.63, 3.8) is 0 Å². The molecule has 98 valence electrons. The summed E-state index contributed by atoms with van der Waals surface area (Å²) in [6, 6.07) is 12.1. The second-order valence-corrected chi connectivity index (χ2v) is 4.17. The summed E-state index contributed by atoms with van der Waals surface area (Å²) < 4.78 is 5.07. The van der Waals surface area contributed by atoms with Crippen molar-refractivity contribution in [2.75, 3.05) is 26.9 Å². The molecule has 4 heteroatoms. The van der Waals surface area contributed by atoms with Crippen molar-refractivity contribution in [1.82, 2.24) is 5.32 Å². The van der Waals surface area contributed by atoms with Crippen LogP contribution in [0.5, 0.6) is 0 Å². The van der Waals surface area contributed by atoms with E-state index in [9.17, 15) is 5.26 Å². The summed E-state index contributed by atoms with van der Waals surface area (Å²) in [6.07, 6.45) is 0.626. The van der Waals surface area contributed by atoms with Gasteiger partial charge in [-0.25, -0.2) is 0 Å². The Morgan fingerprint density at radius 1 is 1.39 bits per heavy atom. The van der Waals surface area contributed by atoms with Gasteiger partial charge in [-0.3, -0.25) is 0 Å². The second-order valence-electron chi connectivity index (χ2n) is 4.17. The van der Waals surface area contributed by atoms with Crippen LogP contribution >= 0.6 is 0 Å². The molecule has 0 radical (unpaired) electrons. The molecule has 2 atom stereocenters. The van der Waals surface area contributed by atoms with Crippen LogP contribution in [0.1, 0.15) is 17.9 Å². The molecule has 0 aliphatic carbocycles. The van der Waals surface area contributed by atoms with E-state index in [4.69, 9.17) is 9.84 Å². The number of ether oxygens (including phenoxy) is 1. The van der Waals surface area contributed by atoms with Gasteiger partial charge >= 0.3 is 0 Å². The zero-order valence-electron chi connectivity index (χ0n) is 10.7. The maximum atomic E-state index is 9.18. The molecule has 1 aromatic carbocycles. The maximum absolute atomic E-state index is 9.18. The highest BCUT2D eigenvalue weighted by molar-refractivity contribution is 5.25. The summed E-state index contributed by atoms with van der Waals surface area (Å²) in [5, 5.41) is 21.4. The number of rotatable bonds is 8. The summed E-state index contributed by atoms with van der Waals surface area (Å²) in [7, 11) is 1.63.